The highest BCUT2D eigenvalue weighted by molar-refractivity contribution is 7.79. The normalized spacial score (nSPS) is 10.0. The molecule has 1 nitrogen and oxygen atoms in total. The second kappa shape index (κ2) is 6.22. The number of rotatable bonds is 5. The molecule has 0 aliphatic carbocycles. The number of aryl methyl sites for hydroxylation is 1. The van der Waals surface area contributed by atoms with Crippen molar-refractivity contribution in [3.05, 3.63) is 71.3 Å². The number of carbonyl (C=O) groups is 1. The fourth-order valence-electron chi connectivity index (χ4n) is 1.79. The van der Waals surface area contributed by atoms with Gasteiger partial charge in [0.05, 0.1) is 0 Å². The first-order chi connectivity index (χ1) is 8.79. The number of Topliss-reactive ketones (excluding diaryl/α,β-unsaturated/α-hetero) is 1. The highest BCUT2D eigenvalue weighted by Gasteiger charge is 2.05. The molecule has 0 aromatic heterocycles. The molecule has 2 aromatic carbocycles. The van der Waals surface area contributed by atoms with Crippen LogP contribution < -0.4 is 0 Å². The fraction of sp³-hybridized carbons (Fsp3) is 0.125. The molecular weight excluding hydrogens is 240 g/mol. The van der Waals surface area contributed by atoms with Gasteiger partial charge >= 0.3 is 0 Å². The minimum atomic E-state index is 0.189. The monoisotopic (exact) mass is 254 g/mol. The molecule has 0 N–H and O–H groups in total. The summed E-state index contributed by atoms with van der Waals surface area (Å²) in [7, 11) is 0. The number of carbonyl (C=O) groups excluding carboxylic acids is 1. The Hall–Kier alpha value is -1.80. The van der Waals surface area contributed by atoms with Gasteiger partial charge in [0.15, 0.2) is 5.78 Å². The smallest absolute Gasteiger partial charge is 0.163 e. The van der Waals surface area contributed by atoms with E-state index >= 15 is 0 Å². The van der Waals surface area contributed by atoms with Crippen molar-refractivity contribution in [2.75, 3.05) is 0 Å². The van der Waals surface area contributed by atoms with Crippen molar-refractivity contribution in [1.29, 1.82) is 0 Å². The molecule has 0 fully saturated rings. The molecule has 0 aliphatic heterocycles. The summed E-state index contributed by atoms with van der Waals surface area (Å²) in [6.45, 7) is 0. The molecule has 90 valence electrons. The maximum Gasteiger partial charge on any atom is 0.163 e. The summed E-state index contributed by atoms with van der Waals surface area (Å²) in [5.74, 6) is 0.189. The zero-order valence-corrected chi connectivity index (χ0v) is 10.8. The van der Waals surface area contributed by atoms with Crippen molar-refractivity contribution in [1.82, 2.24) is 0 Å². The predicted octanol–water partition coefficient (Wildman–Crippen LogP) is 3.85. The van der Waals surface area contributed by atoms with Crippen LogP contribution in [0.3, 0.4) is 0 Å². The van der Waals surface area contributed by atoms with Crippen LogP contribution in [-0.2, 0) is 6.42 Å². The maximum atomic E-state index is 11.9. The zero-order chi connectivity index (χ0) is 12.8. The topological polar surface area (TPSA) is 17.1 Å². The number of benzene rings is 2. The number of hydrogen-bond acceptors (Lipinski definition) is 2. The van der Waals surface area contributed by atoms with Crippen LogP contribution in [0.25, 0.3) is 0 Å². The summed E-state index contributed by atoms with van der Waals surface area (Å²) in [6.07, 6.45) is 1.31. The molecule has 18 heavy (non-hydrogen) atoms. The largest absolute Gasteiger partial charge is 0.294 e. The van der Waals surface area contributed by atoms with E-state index in [2.05, 4.69) is 0 Å². The lowest BCUT2D eigenvalue weighted by Gasteiger charge is -2.02. The Kier molecular flexibility index (Phi) is 4.37. The standard InChI is InChI=1S/C16H14OS/c17-16(15-4-2-1-3-5-15)11-10-13-6-8-14(12-18)9-7-13/h1-9,12H,10-11H2. The molecule has 0 bridgehead atoms. The Morgan fingerprint density at radius 3 is 2.28 bits per heavy atom. The summed E-state index contributed by atoms with van der Waals surface area (Å²) in [5, 5.41) is 1.65. The van der Waals surface area contributed by atoms with E-state index in [0.29, 0.717) is 6.42 Å². The van der Waals surface area contributed by atoms with E-state index in [0.717, 1.165) is 17.5 Å². The average Bonchev–Trinajstić information content (AvgIpc) is 2.46. The van der Waals surface area contributed by atoms with E-state index in [9.17, 15) is 4.79 Å². The molecule has 0 atom stereocenters. The quantitative estimate of drug-likeness (QED) is 0.595. The van der Waals surface area contributed by atoms with E-state index in [1.54, 1.807) is 5.37 Å². The van der Waals surface area contributed by atoms with Crippen molar-refractivity contribution < 1.29 is 4.79 Å². The third kappa shape index (κ3) is 3.34. The van der Waals surface area contributed by atoms with Gasteiger partial charge in [0.25, 0.3) is 0 Å². The second-order valence-electron chi connectivity index (χ2n) is 4.15. The minimum absolute atomic E-state index is 0.189. The summed E-state index contributed by atoms with van der Waals surface area (Å²) in [6, 6.07) is 17.4. The van der Waals surface area contributed by atoms with Gasteiger partial charge in [0, 0.05) is 17.4 Å². The fourth-order valence-corrected chi connectivity index (χ4v) is 1.95. The van der Waals surface area contributed by atoms with Gasteiger partial charge in [0.1, 0.15) is 0 Å². The highest BCUT2D eigenvalue weighted by Crippen LogP contribution is 2.09. The van der Waals surface area contributed by atoms with Crippen LogP contribution in [0.15, 0.2) is 54.6 Å². The number of hydrogen-bond donors (Lipinski definition) is 0. The molecule has 0 aliphatic rings. The molecule has 0 spiro atoms. The molecule has 0 amide bonds. The third-order valence-electron chi connectivity index (χ3n) is 2.85. The Labute approximate surface area is 112 Å². The van der Waals surface area contributed by atoms with Gasteiger partial charge in [-0.25, -0.2) is 0 Å². The molecular formula is C16H14OS. The zero-order valence-electron chi connectivity index (χ0n) is 10.0. The van der Waals surface area contributed by atoms with Crippen LogP contribution in [0.2, 0.25) is 0 Å². The van der Waals surface area contributed by atoms with E-state index in [4.69, 9.17) is 12.2 Å². The Morgan fingerprint density at radius 1 is 1.00 bits per heavy atom. The van der Waals surface area contributed by atoms with E-state index in [1.807, 2.05) is 54.6 Å². The van der Waals surface area contributed by atoms with Crippen molar-refractivity contribution >= 4 is 23.4 Å². The highest BCUT2D eigenvalue weighted by atomic mass is 32.1. The molecule has 0 saturated heterocycles. The molecule has 2 aromatic rings. The molecule has 0 unspecified atom stereocenters. The molecule has 0 heterocycles. The summed E-state index contributed by atoms with van der Waals surface area (Å²) < 4.78 is 0. The average molecular weight is 254 g/mol. The lowest BCUT2D eigenvalue weighted by molar-refractivity contribution is 0.0983. The van der Waals surface area contributed by atoms with Crippen LogP contribution in [-0.4, -0.2) is 11.2 Å². The third-order valence-corrected chi connectivity index (χ3v) is 3.12. The van der Waals surface area contributed by atoms with Crippen molar-refractivity contribution in [2.45, 2.75) is 12.8 Å². The van der Waals surface area contributed by atoms with Crippen LogP contribution >= 0.6 is 12.2 Å². The van der Waals surface area contributed by atoms with Crippen LogP contribution in [0, 0.1) is 0 Å². The SMILES string of the molecule is O=C(CCc1ccc(C=S)cc1)c1ccccc1. The van der Waals surface area contributed by atoms with Crippen molar-refractivity contribution in [2.24, 2.45) is 0 Å². The van der Waals surface area contributed by atoms with Gasteiger partial charge in [-0.3, -0.25) is 4.79 Å². The first-order valence-corrected chi connectivity index (χ1v) is 6.39. The van der Waals surface area contributed by atoms with E-state index < -0.39 is 0 Å². The van der Waals surface area contributed by atoms with Crippen molar-refractivity contribution in [3.63, 3.8) is 0 Å². The molecule has 0 radical (unpaired) electrons. The van der Waals surface area contributed by atoms with Crippen molar-refractivity contribution in [3.8, 4) is 0 Å². The Morgan fingerprint density at radius 2 is 1.67 bits per heavy atom. The van der Waals surface area contributed by atoms with Gasteiger partial charge in [-0.2, -0.15) is 0 Å². The molecule has 0 saturated carbocycles. The summed E-state index contributed by atoms with van der Waals surface area (Å²) in [4.78, 5) is 11.9. The Bertz CT molecular complexity index is 529. The summed E-state index contributed by atoms with van der Waals surface area (Å²) in [5.41, 5.74) is 2.98. The maximum absolute atomic E-state index is 11.9. The van der Waals surface area contributed by atoms with Crippen LogP contribution in [0.5, 0.6) is 0 Å². The first-order valence-electron chi connectivity index (χ1n) is 5.92. The Balaban J connectivity index is 1.95. The second-order valence-corrected chi connectivity index (χ2v) is 4.38. The van der Waals surface area contributed by atoms with E-state index in [-0.39, 0.29) is 5.78 Å². The van der Waals surface area contributed by atoms with Gasteiger partial charge in [0.2, 0.25) is 0 Å². The predicted molar refractivity (Wildman–Crippen MR) is 78.3 cm³/mol. The van der Waals surface area contributed by atoms with Gasteiger partial charge in [-0.05, 0) is 17.5 Å². The van der Waals surface area contributed by atoms with Crippen LogP contribution in [0.4, 0.5) is 0 Å². The lowest BCUT2D eigenvalue weighted by Crippen LogP contribution is -2.00. The van der Waals surface area contributed by atoms with E-state index in [1.165, 1.54) is 5.56 Å². The lowest BCUT2D eigenvalue weighted by atomic mass is 10.0. The summed E-state index contributed by atoms with van der Waals surface area (Å²) >= 11 is 4.85. The van der Waals surface area contributed by atoms with Gasteiger partial charge in [-0.1, -0.05) is 66.8 Å². The van der Waals surface area contributed by atoms with Gasteiger partial charge < -0.3 is 0 Å². The molecule has 2 heteroatoms. The number of thiocarbonyl (C=S) groups is 1. The molecule has 2 rings (SSSR count). The van der Waals surface area contributed by atoms with Gasteiger partial charge in [-0.15, -0.1) is 0 Å². The minimum Gasteiger partial charge on any atom is -0.294 e. The van der Waals surface area contributed by atoms with Crippen LogP contribution in [0.1, 0.15) is 27.9 Å². The first kappa shape index (κ1) is 12.7. The number of ketones is 1.